The van der Waals surface area contributed by atoms with Gasteiger partial charge in [0, 0.05) is 49.9 Å². The van der Waals surface area contributed by atoms with Crippen molar-refractivity contribution in [2.75, 3.05) is 24.6 Å². The zero-order valence-corrected chi connectivity index (χ0v) is 29.8. The van der Waals surface area contributed by atoms with Gasteiger partial charge in [-0.1, -0.05) is 19.8 Å². The predicted molar refractivity (Wildman–Crippen MR) is 188 cm³/mol. The molecule has 0 aliphatic rings. The number of nitrogens with zero attached hydrogens (tertiary/aromatic N) is 1. The third-order valence-electron chi connectivity index (χ3n) is 6.77. The molecule has 1 unspecified atom stereocenters. The van der Waals surface area contributed by atoms with Gasteiger partial charge in [0.1, 0.15) is 36.5 Å². The Bertz CT molecular complexity index is 1310. The van der Waals surface area contributed by atoms with Crippen molar-refractivity contribution in [1.29, 1.82) is 0 Å². The van der Waals surface area contributed by atoms with Crippen LogP contribution in [0, 0.1) is 0 Å². The van der Waals surface area contributed by atoms with Crippen LogP contribution in [0.5, 0.6) is 0 Å². The van der Waals surface area contributed by atoms with Crippen LogP contribution in [0.4, 0.5) is 0 Å². The number of ketones is 1. The van der Waals surface area contributed by atoms with E-state index in [2.05, 4.69) is 38.9 Å². The van der Waals surface area contributed by atoms with Gasteiger partial charge in [0.2, 0.25) is 23.6 Å². The molecule has 19 nitrogen and oxygen atoms in total. The van der Waals surface area contributed by atoms with Crippen molar-refractivity contribution in [3.8, 4) is 0 Å². The third-order valence-corrected chi connectivity index (χ3v) is 8.38. The Labute approximate surface area is 305 Å². The molecule has 0 aliphatic carbocycles. The number of amides is 4. The molecule has 4 amide bonds. The highest BCUT2D eigenvalue weighted by molar-refractivity contribution is 8.00. The number of carbonyl (C=O) groups is 9. The lowest BCUT2D eigenvalue weighted by atomic mass is 10.1. The minimum atomic E-state index is -2.05. The molecule has 51 heavy (non-hydrogen) atoms. The van der Waals surface area contributed by atoms with Crippen LogP contribution in [0.15, 0.2) is 4.99 Å². The average Bonchev–Trinajstić information content (AvgIpc) is 3.07. The molecule has 0 radical (unpaired) electrons. The average molecular weight is 766 g/mol. The number of hydrogen-bond donors (Lipinski definition) is 10. The van der Waals surface area contributed by atoms with Crippen LogP contribution in [0.2, 0.25) is 0 Å². The van der Waals surface area contributed by atoms with Crippen molar-refractivity contribution in [3.05, 3.63) is 0 Å². The summed E-state index contributed by atoms with van der Waals surface area (Å²) in [6.07, 6.45) is 0.605. The van der Waals surface area contributed by atoms with Crippen LogP contribution in [-0.4, -0.2) is 134 Å². The Hall–Kier alpha value is -4.24. The molecule has 0 heterocycles. The van der Waals surface area contributed by atoms with Gasteiger partial charge >= 0.3 is 23.9 Å². The first-order valence-corrected chi connectivity index (χ1v) is 17.6. The number of thioether (sulfide) groups is 1. The molecule has 21 heteroatoms. The van der Waals surface area contributed by atoms with Crippen LogP contribution >= 0.6 is 24.4 Å². The van der Waals surface area contributed by atoms with Gasteiger partial charge in [0.15, 0.2) is 0 Å². The lowest BCUT2D eigenvalue weighted by Crippen LogP contribution is -2.50. The van der Waals surface area contributed by atoms with Gasteiger partial charge < -0.3 is 47.4 Å². The first-order valence-electron chi connectivity index (χ1n) is 16.4. The fourth-order valence-corrected chi connectivity index (χ4v) is 5.24. The van der Waals surface area contributed by atoms with E-state index in [-0.39, 0.29) is 38.0 Å². The smallest absolute Gasteiger partial charge is 0.328 e. The fraction of sp³-hybridized carbons (Fsp3) is 0.667. The zero-order valence-electron chi connectivity index (χ0n) is 29.1. The Morgan fingerprint density at radius 1 is 0.824 bits per heavy atom. The van der Waals surface area contributed by atoms with Crippen molar-refractivity contribution < 1.29 is 64.9 Å². The number of hydrogen-bond acceptors (Lipinski definition) is 13. The topological polar surface area (TPSA) is 321 Å². The summed E-state index contributed by atoms with van der Waals surface area (Å²) in [7, 11) is 0. The van der Waals surface area contributed by atoms with Crippen molar-refractivity contribution in [2.45, 2.75) is 101 Å². The number of carboxylic acid groups (broad SMARTS) is 4. The first-order chi connectivity index (χ1) is 24.4. The molecule has 0 aliphatic heterocycles. The highest BCUT2D eigenvalue weighted by atomic mass is 32.2. The number of unbranched alkanes of at least 4 members (excludes halogenated alkanes) is 2. The molecule has 0 rings (SSSR count). The number of thiol groups is 1. The van der Waals surface area contributed by atoms with E-state index in [1.165, 1.54) is 0 Å². The normalized spacial score (nSPS) is 14.8. The van der Waals surface area contributed by atoms with Crippen LogP contribution in [0.25, 0.3) is 0 Å². The van der Waals surface area contributed by atoms with Gasteiger partial charge in [-0.25, -0.2) is 4.79 Å². The maximum absolute atomic E-state index is 13.3. The zero-order chi connectivity index (χ0) is 39.9. The van der Waals surface area contributed by atoms with Crippen LogP contribution in [0.3, 0.4) is 0 Å². The van der Waals surface area contributed by atoms with E-state index < -0.39 is 114 Å². The van der Waals surface area contributed by atoms with Crippen molar-refractivity contribution >= 4 is 83.9 Å². The maximum Gasteiger partial charge on any atom is 0.328 e. The summed E-state index contributed by atoms with van der Waals surface area (Å²) in [5.41, 5.74) is 5.42. The number of aliphatic carboxylic acids is 4. The highest BCUT2D eigenvalue weighted by Crippen LogP contribution is 2.20. The van der Waals surface area contributed by atoms with Gasteiger partial charge in [0.05, 0.1) is 13.0 Å². The molecule has 0 saturated heterocycles. The van der Waals surface area contributed by atoms with Gasteiger partial charge in [0.25, 0.3) is 0 Å². The maximum atomic E-state index is 13.3. The van der Waals surface area contributed by atoms with Crippen LogP contribution in [-0.2, 0) is 43.2 Å². The van der Waals surface area contributed by atoms with Crippen LogP contribution in [0.1, 0.15) is 72.5 Å². The Balaban J connectivity index is 5.83. The summed E-state index contributed by atoms with van der Waals surface area (Å²) < 4.78 is 8.98. The van der Waals surface area contributed by atoms with E-state index in [0.717, 1.165) is 12.6 Å². The highest BCUT2D eigenvalue weighted by Gasteiger charge is 2.27. The number of carboxylic acids is 4. The van der Waals surface area contributed by atoms with E-state index in [1.807, 2.05) is 6.92 Å². The quantitative estimate of drug-likeness (QED) is 0.0243. The van der Waals surface area contributed by atoms with Crippen molar-refractivity contribution in [1.82, 2.24) is 21.3 Å². The van der Waals surface area contributed by atoms with E-state index in [0.29, 0.717) is 24.6 Å². The summed E-state index contributed by atoms with van der Waals surface area (Å²) in [5, 5.41) is 43.4. The molecule has 0 aromatic carbocycles. The lowest BCUT2D eigenvalue weighted by Gasteiger charge is -2.21. The molecule has 0 spiro atoms. The number of aliphatic imine (C=N–C) groups is 1. The lowest BCUT2D eigenvalue weighted by molar-refractivity contribution is -0.140. The van der Waals surface area contributed by atoms with E-state index >= 15 is 0 Å². The first kappa shape index (κ1) is 44.8. The molecule has 0 fully saturated rings. The second kappa shape index (κ2) is 26.6. The number of rotatable bonds is 29. The molecule has 0 aromatic rings. The molecule has 0 saturated carbocycles. The number of nitrogens with two attached hydrogens (primary N) is 1. The van der Waals surface area contributed by atoms with Crippen molar-refractivity contribution in [2.24, 2.45) is 10.7 Å². The Morgan fingerprint density at radius 2 is 1.43 bits per heavy atom. The monoisotopic (exact) mass is 765 g/mol. The van der Waals surface area contributed by atoms with Gasteiger partial charge in [-0.2, -0.15) is 12.6 Å². The summed E-state index contributed by atoms with van der Waals surface area (Å²) in [6.45, 7) is 0.907. The largest absolute Gasteiger partial charge is 0.481 e. The molecule has 10 N–H and O–H groups in total. The minimum Gasteiger partial charge on any atom is -0.481 e. The molecule has 0 bridgehead atoms. The predicted octanol–water partition coefficient (Wildman–Crippen LogP) is -1.18. The summed E-state index contributed by atoms with van der Waals surface area (Å²) in [6, 6.07) is -5.45. The SMILES string of the molecule is [2H]C(CC=N[C@@H](CCC(=O)N[C@H](CS)C(=O)NCCC(=O)O)C(=O)O)(SC[C@@H](NC(=O)CC[C@H](N)C(=O)O)C(=O)NCC(=O)O)C(=O)CCCCC. The van der Waals surface area contributed by atoms with Gasteiger partial charge in [-0.3, -0.25) is 43.3 Å². The van der Waals surface area contributed by atoms with Gasteiger partial charge in [-0.15, -0.1) is 11.8 Å². The standard InChI is InChI=1S/C30H48N6O13S2/c1-2-3-4-5-21(37)22(51-16-20(28(45)34-14-26(42)43)36-23(38)8-6-17(31)29(46)47)10-12-32-18(30(48)49)7-9-24(39)35-19(15-50)27(44)33-13-11-25(40)41/h12,17-20,22,50H,2-11,13-16,31H2,1H3,(H,33,44)(H,34,45)(H,35,39)(H,36,38)(H,40,41)(H,42,43)(H,46,47)(H,48,49)/t17-,18-,19+,20+,22?/m0/s1/i22D. The van der Waals surface area contributed by atoms with Gasteiger partial charge in [-0.05, 0) is 19.3 Å². The second-order valence-electron chi connectivity index (χ2n) is 11.0. The Morgan fingerprint density at radius 3 is 1.98 bits per heavy atom. The molecule has 5 atom stereocenters. The number of Topliss-reactive ketones (excluding diaryl/α,β-unsaturated/α-hetero) is 1. The summed E-state index contributed by atoms with van der Waals surface area (Å²) in [4.78, 5) is 112. The van der Waals surface area contributed by atoms with E-state index in [1.54, 1.807) is 0 Å². The second-order valence-corrected chi connectivity index (χ2v) is 12.5. The minimum absolute atomic E-state index is 0.0494. The third kappa shape index (κ3) is 22.2. The molecule has 288 valence electrons. The summed E-state index contributed by atoms with van der Waals surface area (Å²) in [5.74, 6) is -9.62. The number of nitrogens with one attached hydrogen (secondary N) is 4. The Kier molecular flexibility index (Phi) is 23.3. The fourth-order valence-electron chi connectivity index (χ4n) is 3.93. The molecular weight excluding hydrogens is 716 g/mol. The van der Waals surface area contributed by atoms with Crippen LogP contribution < -0.4 is 27.0 Å². The van der Waals surface area contributed by atoms with E-state index in [4.69, 9.17) is 22.4 Å². The van der Waals surface area contributed by atoms with E-state index in [9.17, 15) is 48.3 Å². The van der Waals surface area contributed by atoms with Crippen molar-refractivity contribution in [3.63, 3.8) is 0 Å². The summed E-state index contributed by atoms with van der Waals surface area (Å²) >= 11 is 4.63. The number of carbonyl (C=O) groups excluding carboxylic acids is 5. The molecular formula is C30H48N6O13S2. The molecule has 0 aromatic heterocycles.